The maximum Gasteiger partial charge on any atom is 0.315 e. The molecule has 6 heteroatoms. The Balaban J connectivity index is 1.94. The molecular weight excluding hydrogens is 272 g/mol. The summed E-state index contributed by atoms with van der Waals surface area (Å²) in [4.78, 5) is 0. The molecule has 1 aromatic carbocycles. The number of anilines is 1. The van der Waals surface area contributed by atoms with Gasteiger partial charge >= 0.3 is 6.01 Å². The number of hydrogen-bond acceptors (Lipinski definition) is 5. The number of benzene rings is 1. The standard InChI is InChI=1S/C10H11BrN4O/c11-8-3-1-7(2-4-8)6-13-10-15-14-9(5-12)16-10/h1-4H,5-6,12H2,(H,13,15). The van der Waals surface area contributed by atoms with E-state index >= 15 is 0 Å². The van der Waals surface area contributed by atoms with Crippen LogP contribution in [-0.4, -0.2) is 10.2 Å². The molecule has 16 heavy (non-hydrogen) atoms. The second-order valence-corrected chi connectivity index (χ2v) is 4.10. The molecule has 0 spiro atoms. The molecule has 0 saturated heterocycles. The molecule has 0 amide bonds. The van der Waals surface area contributed by atoms with Gasteiger partial charge in [-0.15, -0.1) is 5.10 Å². The molecular formula is C10H11BrN4O. The zero-order chi connectivity index (χ0) is 11.4. The predicted octanol–water partition coefficient (Wildman–Crippen LogP) is 1.90. The minimum absolute atomic E-state index is 0.257. The molecule has 2 aromatic rings. The molecule has 0 fully saturated rings. The highest BCUT2D eigenvalue weighted by Crippen LogP contribution is 2.12. The monoisotopic (exact) mass is 282 g/mol. The SMILES string of the molecule is NCc1nnc(NCc2ccc(Br)cc2)o1. The summed E-state index contributed by atoms with van der Waals surface area (Å²) in [6, 6.07) is 8.38. The third kappa shape index (κ3) is 2.80. The summed E-state index contributed by atoms with van der Waals surface area (Å²) in [7, 11) is 0. The fourth-order valence-corrected chi connectivity index (χ4v) is 1.45. The van der Waals surface area contributed by atoms with E-state index in [1.165, 1.54) is 0 Å². The lowest BCUT2D eigenvalue weighted by Gasteiger charge is -2.01. The molecule has 1 heterocycles. The molecule has 84 valence electrons. The average Bonchev–Trinajstić information content (AvgIpc) is 2.76. The van der Waals surface area contributed by atoms with E-state index in [4.69, 9.17) is 10.2 Å². The Morgan fingerprint density at radius 2 is 2.00 bits per heavy atom. The van der Waals surface area contributed by atoms with E-state index in [1.54, 1.807) is 0 Å². The van der Waals surface area contributed by atoms with Crippen molar-refractivity contribution in [3.8, 4) is 0 Å². The van der Waals surface area contributed by atoms with Crippen molar-refractivity contribution in [3.05, 3.63) is 40.2 Å². The highest BCUT2D eigenvalue weighted by molar-refractivity contribution is 9.10. The first kappa shape index (κ1) is 11.1. The quantitative estimate of drug-likeness (QED) is 0.896. The number of nitrogens with two attached hydrogens (primary N) is 1. The lowest BCUT2D eigenvalue weighted by molar-refractivity contribution is 0.507. The van der Waals surface area contributed by atoms with E-state index in [2.05, 4.69) is 31.4 Å². The Morgan fingerprint density at radius 1 is 1.25 bits per heavy atom. The minimum atomic E-state index is 0.257. The summed E-state index contributed by atoms with van der Waals surface area (Å²) in [5.41, 5.74) is 6.49. The van der Waals surface area contributed by atoms with E-state index in [9.17, 15) is 0 Å². The van der Waals surface area contributed by atoms with Crippen molar-refractivity contribution in [2.75, 3.05) is 5.32 Å². The van der Waals surface area contributed by atoms with Crippen molar-refractivity contribution in [1.82, 2.24) is 10.2 Å². The van der Waals surface area contributed by atoms with Gasteiger partial charge in [-0.05, 0) is 17.7 Å². The van der Waals surface area contributed by atoms with Gasteiger partial charge in [0.1, 0.15) is 0 Å². The van der Waals surface area contributed by atoms with Crippen LogP contribution in [0.25, 0.3) is 0 Å². The molecule has 0 saturated carbocycles. The second-order valence-electron chi connectivity index (χ2n) is 3.19. The van der Waals surface area contributed by atoms with E-state index in [-0.39, 0.29) is 6.54 Å². The molecule has 0 bridgehead atoms. The van der Waals surface area contributed by atoms with E-state index < -0.39 is 0 Å². The van der Waals surface area contributed by atoms with Crippen LogP contribution in [-0.2, 0) is 13.1 Å². The van der Waals surface area contributed by atoms with Crippen LogP contribution in [0.3, 0.4) is 0 Å². The van der Waals surface area contributed by atoms with E-state index in [1.807, 2.05) is 24.3 Å². The molecule has 0 aliphatic heterocycles. The van der Waals surface area contributed by atoms with Crippen molar-refractivity contribution >= 4 is 21.9 Å². The first-order valence-corrected chi connectivity index (χ1v) is 5.58. The van der Waals surface area contributed by atoms with Crippen LogP contribution in [0, 0.1) is 0 Å². The summed E-state index contributed by atoms with van der Waals surface area (Å²) in [5.74, 6) is 0.429. The highest BCUT2D eigenvalue weighted by atomic mass is 79.9. The van der Waals surface area contributed by atoms with Crippen LogP contribution in [0.15, 0.2) is 33.2 Å². The smallest absolute Gasteiger partial charge is 0.315 e. The summed E-state index contributed by atoms with van der Waals surface area (Å²) in [5, 5.41) is 10.6. The number of aromatic nitrogens is 2. The summed E-state index contributed by atoms with van der Waals surface area (Å²) in [6.45, 7) is 0.895. The van der Waals surface area contributed by atoms with E-state index in [0.717, 1.165) is 10.0 Å². The molecule has 2 rings (SSSR count). The van der Waals surface area contributed by atoms with Crippen molar-refractivity contribution in [2.24, 2.45) is 5.73 Å². The van der Waals surface area contributed by atoms with Gasteiger partial charge in [0.05, 0.1) is 6.54 Å². The van der Waals surface area contributed by atoms with Crippen LogP contribution in [0.5, 0.6) is 0 Å². The van der Waals surface area contributed by atoms with Gasteiger partial charge in [0.25, 0.3) is 0 Å². The van der Waals surface area contributed by atoms with Gasteiger partial charge in [-0.25, -0.2) is 0 Å². The number of halogens is 1. The fraction of sp³-hybridized carbons (Fsp3) is 0.200. The maximum atomic E-state index is 5.36. The highest BCUT2D eigenvalue weighted by Gasteiger charge is 2.03. The van der Waals surface area contributed by atoms with Crippen LogP contribution in [0.2, 0.25) is 0 Å². The molecule has 0 unspecified atom stereocenters. The average molecular weight is 283 g/mol. The molecule has 3 N–H and O–H groups in total. The first-order chi connectivity index (χ1) is 7.78. The molecule has 0 atom stereocenters. The number of rotatable bonds is 4. The summed E-state index contributed by atoms with van der Waals surface area (Å²) < 4.78 is 6.27. The van der Waals surface area contributed by atoms with Gasteiger partial charge in [-0.1, -0.05) is 33.2 Å². The molecule has 0 radical (unpaired) electrons. The lowest BCUT2D eigenvalue weighted by atomic mass is 10.2. The Kier molecular flexibility index (Phi) is 3.53. The summed E-state index contributed by atoms with van der Waals surface area (Å²) in [6.07, 6.45) is 0. The zero-order valence-electron chi connectivity index (χ0n) is 8.48. The maximum absolute atomic E-state index is 5.36. The van der Waals surface area contributed by atoms with Gasteiger partial charge in [0, 0.05) is 11.0 Å². The molecule has 5 nitrogen and oxygen atoms in total. The van der Waals surface area contributed by atoms with Crippen LogP contribution < -0.4 is 11.1 Å². The second kappa shape index (κ2) is 5.09. The largest absolute Gasteiger partial charge is 0.407 e. The lowest BCUT2D eigenvalue weighted by Crippen LogP contribution is -1.99. The third-order valence-corrected chi connectivity index (χ3v) is 2.53. The van der Waals surface area contributed by atoms with Gasteiger partial charge in [-0.2, -0.15) is 0 Å². The van der Waals surface area contributed by atoms with E-state index in [0.29, 0.717) is 18.5 Å². The summed E-state index contributed by atoms with van der Waals surface area (Å²) >= 11 is 3.38. The molecule has 1 aromatic heterocycles. The normalized spacial score (nSPS) is 10.4. The third-order valence-electron chi connectivity index (χ3n) is 2.00. The first-order valence-electron chi connectivity index (χ1n) is 4.78. The van der Waals surface area contributed by atoms with Gasteiger partial charge in [0.2, 0.25) is 5.89 Å². The van der Waals surface area contributed by atoms with Gasteiger partial charge in [-0.3, -0.25) is 0 Å². The Morgan fingerprint density at radius 3 is 2.62 bits per heavy atom. The number of hydrogen-bond donors (Lipinski definition) is 2. The van der Waals surface area contributed by atoms with Crippen molar-refractivity contribution in [1.29, 1.82) is 0 Å². The Hall–Kier alpha value is -1.40. The molecule has 0 aliphatic rings. The van der Waals surface area contributed by atoms with Crippen LogP contribution in [0.1, 0.15) is 11.5 Å². The fourth-order valence-electron chi connectivity index (χ4n) is 1.19. The topological polar surface area (TPSA) is 77.0 Å². The van der Waals surface area contributed by atoms with Crippen molar-refractivity contribution < 1.29 is 4.42 Å². The van der Waals surface area contributed by atoms with Crippen molar-refractivity contribution in [3.63, 3.8) is 0 Å². The predicted molar refractivity (Wildman–Crippen MR) is 63.7 cm³/mol. The van der Waals surface area contributed by atoms with Crippen LogP contribution >= 0.6 is 15.9 Å². The van der Waals surface area contributed by atoms with Gasteiger partial charge < -0.3 is 15.5 Å². The minimum Gasteiger partial charge on any atom is -0.407 e. The number of nitrogens with one attached hydrogen (secondary N) is 1. The number of nitrogens with zero attached hydrogens (tertiary/aromatic N) is 2. The zero-order valence-corrected chi connectivity index (χ0v) is 10.1. The molecule has 0 aliphatic carbocycles. The van der Waals surface area contributed by atoms with Crippen LogP contribution in [0.4, 0.5) is 6.01 Å². The van der Waals surface area contributed by atoms with Crippen molar-refractivity contribution in [2.45, 2.75) is 13.1 Å². The Labute approximate surface area is 101 Å². The van der Waals surface area contributed by atoms with Gasteiger partial charge in [0.15, 0.2) is 0 Å². The Bertz CT molecular complexity index is 454.